The second-order valence-corrected chi connectivity index (χ2v) is 6.43. The average Bonchev–Trinajstić information content (AvgIpc) is 2.68. The average molecular weight is 409 g/mol. The van der Waals surface area contributed by atoms with Crippen molar-refractivity contribution in [1.82, 2.24) is 9.13 Å². The van der Waals surface area contributed by atoms with E-state index in [1.807, 2.05) is 6.92 Å². The van der Waals surface area contributed by atoms with Gasteiger partial charge in [0, 0.05) is 37.3 Å². The quantitative estimate of drug-likeness (QED) is 0.296. The molecule has 150 valence electrons. The smallest absolute Gasteiger partial charge is 0.333 e. The van der Waals surface area contributed by atoms with Crippen LogP contribution in [0.3, 0.4) is 0 Å². The maximum absolute atomic E-state index is 12.7. The lowest BCUT2D eigenvalue weighted by atomic mass is 10.2. The summed E-state index contributed by atoms with van der Waals surface area (Å²) in [6.07, 6.45) is 3.03. The minimum atomic E-state index is -0.635. The number of aromatic nitrogens is 2. The van der Waals surface area contributed by atoms with Crippen molar-refractivity contribution in [2.45, 2.75) is 39.3 Å². The number of hydrogen-bond donors (Lipinski definition) is 1. The highest BCUT2D eigenvalue weighted by Crippen LogP contribution is 2.18. The molecule has 1 heterocycles. The number of aliphatic imine (C=N–C) groups is 1. The second kappa shape index (κ2) is 9.84. The summed E-state index contributed by atoms with van der Waals surface area (Å²) in [5, 5.41) is 21.2. The predicted octanol–water partition coefficient (Wildman–Crippen LogP) is 2.80. The summed E-state index contributed by atoms with van der Waals surface area (Å²) in [5.41, 5.74) is -1.07. The van der Waals surface area contributed by atoms with Gasteiger partial charge in [-0.3, -0.25) is 29.0 Å². The van der Waals surface area contributed by atoms with Crippen molar-refractivity contribution in [2.24, 2.45) is 4.99 Å². The van der Waals surface area contributed by atoms with Gasteiger partial charge in [0.25, 0.3) is 11.2 Å². The number of rotatable bonds is 9. The van der Waals surface area contributed by atoms with Crippen LogP contribution in [-0.2, 0) is 13.1 Å². The second-order valence-electron chi connectivity index (χ2n) is 6.06. The lowest BCUT2D eigenvalue weighted by Crippen LogP contribution is -2.41. The third-order valence-electron chi connectivity index (χ3n) is 4.09. The maximum atomic E-state index is 12.7. The fourth-order valence-corrected chi connectivity index (χ4v) is 2.67. The number of alkyl halides is 1. The van der Waals surface area contributed by atoms with E-state index in [1.165, 1.54) is 24.3 Å². The molecule has 1 aromatic heterocycles. The Bertz CT molecular complexity index is 979. The van der Waals surface area contributed by atoms with Crippen LogP contribution in [0.5, 0.6) is 5.88 Å². The fraction of sp³-hybridized carbons (Fsp3) is 0.389. The van der Waals surface area contributed by atoms with Crippen LogP contribution in [0.15, 0.2) is 38.8 Å². The minimum Gasteiger partial charge on any atom is -0.494 e. The van der Waals surface area contributed by atoms with Gasteiger partial charge >= 0.3 is 5.69 Å². The van der Waals surface area contributed by atoms with Gasteiger partial charge in [-0.1, -0.05) is 13.3 Å². The van der Waals surface area contributed by atoms with Gasteiger partial charge in [0.15, 0.2) is 0 Å². The first-order chi connectivity index (χ1) is 13.4. The molecule has 0 saturated carbocycles. The molecule has 0 spiro atoms. The lowest BCUT2D eigenvalue weighted by molar-refractivity contribution is -0.384. The number of benzene rings is 1. The van der Waals surface area contributed by atoms with Gasteiger partial charge in [-0.05, 0) is 25.0 Å². The first kappa shape index (κ1) is 21.4. The summed E-state index contributed by atoms with van der Waals surface area (Å²) in [5.74, 6) is -0.176. The molecule has 9 nitrogen and oxygen atoms in total. The van der Waals surface area contributed by atoms with Crippen LogP contribution < -0.4 is 11.2 Å². The summed E-state index contributed by atoms with van der Waals surface area (Å²) in [4.78, 5) is 39.5. The molecule has 0 aliphatic heterocycles. The third kappa shape index (κ3) is 4.86. The molecule has 0 bridgehead atoms. The van der Waals surface area contributed by atoms with Crippen LogP contribution in [0.4, 0.5) is 11.4 Å². The Balaban J connectivity index is 2.50. The number of nitro benzene ring substituents is 1. The normalized spacial score (nSPS) is 11.2. The SMILES string of the molecule is CCCCn1c(=O)c(C=Nc2ccc([N+](=O)[O-])cc2)c(O)n(CCCCl)c1=O. The number of nitrogens with zero attached hydrogens (tertiary/aromatic N) is 4. The molecular weight excluding hydrogens is 388 g/mol. The van der Waals surface area contributed by atoms with Crippen LogP contribution in [0.1, 0.15) is 31.7 Å². The molecule has 0 unspecified atom stereocenters. The molecule has 28 heavy (non-hydrogen) atoms. The van der Waals surface area contributed by atoms with Gasteiger partial charge in [0.1, 0.15) is 5.56 Å². The third-order valence-corrected chi connectivity index (χ3v) is 4.36. The Hall–Kier alpha value is -2.94. The monoisotopic (exact) mass is 408 g/mol. The van der Waals surface area contributed by atoms with Crippen molar-refractivity contribution >= 4 is 29.2 Å². The van der Waals surface area contributed by atoms with E-state index < -0.39 is 22.1 Å². The molecular formula is C18H21ClN4O5. The number of unbranched alkanes of at least 4 members (excludes halogenated alkanes) is 1. The Morgan fingerprint density at radius 1 is 1.18 bits per heavy atom. The summed E-state index contributed by atoms with van der Waals surface area (Å²) in [6, 6.07) is 5.41. The Morgan fingerprint density at radius 2 is 1.82 bits per heavy atom. The van der Waals surface area contributed by atoms with Crippen molar-refractivity contribution in [1.29, 1.82) is 0 Å². The molecule has 0 aliphatic carbocycles. The van der Waals surface area contributed by atoms with E-state index in [-0.39, 0.29) is 24.3 Å². The standard InChI is InChI=1S/C18H21ClN4O5/c1-2-3-10-21-16(24)15(17(25)22(18(21)26)11-4-9-19)12-20-13-5-7-14(8-6-13)23(27)28/h5-8,12,25H,2-4,9-11H2,1H3. The van der Waals surface area contributed by atoms with E-state index in [0.717, 1.165) is 21.8 Å². The summed E-state index contributed by atoms with van der Waals surface area (Å²) >= 11 is 5.69. The number of halogens is 1. The predicted molar refractivity (Wildman–Crippen MR) is 107 cm³/mol. The minimum absolute atomic E-state index is 0.0849. The molecule has 1 N–H and O–H groups in total. The Kier molecular flexibility index (Phi) is 7.51. The molecule has 0 atom stereocenters. The highest BCUT2D eigenvalue weighted by Gasteiger charge is 2.17. The highest BCUT2D eigenvalue weighted by atomic mass is 35.5. The van der Waals surface area contributed by atoms with Crippen LogP contribution in [0.25, 0.3) is 0 Å². The van der Waals surface area contributed by atoms with Gasteiger partial charge in [-0.15, -0.1) is 11.6 Å². The van der Waals surface area contributed by atoms with Crippen molar-refractivity contribution in [3.05, 3.63) is 60.8 Å². The first-order valence-corrected chi connectivity index (χ1v) is 9.35. The zero-order chi connectivity index (χ0) is 20.7. The molecule has 0 aliphatic rings. The molecule has 0 saturated heterocycles. The summed E-state index contributed by atoms with van der Waals surface area (Å²) < 4.78 is 2.19. The van der Waals surface area contributed by atoms with Gasteiger partial charge in [-0.25, -0.2) is 4.79 Å². The largest absolute Gasteiger partial charge is 0.494 e. The Morgan fingerprint density at radius 3 is 2.39 bits per heavy atom. The van der Waals surface area contributed by atoms with Crippen LogP contribution in [-0.4, -0.2) is 31.3 Å². The highest BCUT2D eigenvalue weighted by molar-refractivity contribution is 6.17. The van der Waals surface area contributed by atoms with Crippen LogP contribution >= 0.6 is 11.6 Å². The molecule has 0 radical (unpaired) electrons. The van der Waals surface area contributed by atoms with E-state index in [9.17, 15) is 24.8 Å². The fourth-order valence-electron chi connectivity index (χ4n) is 2.55. The van der Waals surface area contributed by atoms with Crippen molar-refractivity contribution in [3.63, 3.8) is 0 Å². The van der Waals surface area contributed by atoms with E-state index in [2.05, 4.69) is 4.99 Å². The van der Waals surface area contributed by atoms with E-state index >= 15 is 0 Å². The molecule has 2 aromatic rings. The first-order valence-electron chi connectivity index (χ1n) is 8.81. The molecule has 0 fully saturated rings. The van der Waals surface area contributed by atoms with E-state index in [4.69, 9.17) is 11.6 Å². The topological polar surface area (TPSA) is 120 Å². The molecule has 1 aromatic carbocycles. The van der Waals surface area contributed by atoms with Gasteiger partial charge in [0.2, 0.25) is 5.88 Å². The van der Waals surface area contributed by atoms with Crippen molar-refractivity contribution < 1.29 is 10.0 Å². The number of aromatic hydroxyl groups is 1. The molecule has 10 heteroatoms. The number of non-ortho nitro benzene ring substituents is 1. The van der Waals surface area contributed by atoms with Crippen LogP contribution in [0, 0.1) is 10.1 Å². The molecule has 0 amide bonds. The maximum Gasteiger partial charge on any atom is 0.333 e. The molecule has 2 rings (SSSR count). The lowest BCUT2D eigenvalue weighted by Gasteiger charge is -2.13. The van der Waals surface area contributed by atoms with Gasteiger partial charge in [0.05, 0.1) is 10.6 Å². The van der Waals surface area contributed by atoms with E-state index in [1.54, 1.807) is 0 Å². The number of hydrogen-bond acceptors (Lipinski definition) is 6. The van der Waals surface area contributed by atoms with Crippen LogP contribution in [0.2, 0.25) is 0 Å². The van der Waals surface area contributed by atoms with Crippen molar-refractivity contribution in [2.75, 3.05) is 5.88 Å². The van der Waals surface area contributed by atoms with Gasteiger partial charge in [-0.2, -0.15) is 0 Å². The van der Waals surface area contributed by atoms with Crippen molar-refractivity contribution in [3.8, 4) is 5.88 Å². The summed E-state index contributed by atoms with van der Waals surface area (Å²) in [7, 11) is 0. The van der Waals surface area contributed by atoms with E-state index in [0.29, 0.717) is 24.4 Å². The zero-order valence-corrected chi connectivity index (χ0v) is 16.1. The Labute approximate surface area is 165 Å². The number of nitro groups is 1. The zero-order valence-electron chi connectivity index (χ0n) is 15.4. The van der Waals surface area contributed by atoms with Gasteiger partial charge < -0.3 is 5.11 Å². The summed E-state index contributed by atoms with van der Waals surface area (Å²) in [6.45, 7) is 2.33.